The average Bonchev–Trinajstić information content (AvgIpc) is 2.47. The fourth-order valence-corrected chi connectivity index (χ4v) is 3.19. The molecule has 23 heavy (non-hydrogen) atoms. The average molecular weight is 327 g/mol. The first-order valence-corrected chi connectivity index (χ1v) is 9.79. The van der Waals surface area contributed by atoms with Crippen molar-refractivity contribution in [2.45, 2.75) is 103 Å². The number of carbonyl (C=O) groups excluding carboxylic acids is 1. The summed E-state index contributed by atoms with van der Waals surface area (Å²) < 4.78 is 11.4. The monoisotopic (exact) mass is 326 g/mol. The van der Waals surface area contributed by atoms with Gasteiger partial charge in [-0.05, 0) is 39.0 Å². The van der Waals surface area contributed by atoms with Gasteiger partial charge in [0.25, 0.3) is 0 Å². The van der Waals surface area contributed by atoms with Gasteiger partial charge < -0.3 is 9.47 Å². The summed E-state index contributed by atoms with van der Waals surface area (Å²) in [6.45, 7) is 8.02. The van der Waals surface area contributed by atoms with Crippen LogP contribution in [0.3, 0.4) is 0 Å². The maximum atomic E-state index is 11.8. The number of esters is 1. The van der Waals surface area contributed by atoms with Crippen LogP contribution in [0.5, 0.6) is 0 Å². The van der Waals surface area contributed by atoms with E-state index >= 15 is 0 Å². The largest absolute Gasteiger partial charge is 0.466 e. The van der Waals surface area contributed by atoms with Crippen molar-refractivity contribution in [1.82, 2.24) is 0 Å². The van der Waals surface area contributed by atoms with Crippen molar-refractivity contribution >= 4 is 5.97 Å². The highest BCUT2D eigenvalue weighted by Crippen LogP contribution is 2.22. The fourth-order valence-electron chi connectivity index (χ4n) is 3.19. The summed E-state index contributed by atoms with van der Waals surface area (Å²) in [5.41, 5.74) is -0.0385. The van der Waals surface area contributed by atoms with Crippen molar-refractivity contribution < 1.29 is 14.3 Å². The van der Waals surface area contributed by atoms with Crippen LogP contribution < -0.4 is 0 Å². The van der Waals surface area contributed by atoms with Crippen LogP contribution in [0.25, 0.3) is 0 Å². The molecule has 1 unspecified atom stereocenters. The highest BCUT2D eigenvalue weighted by molar-refractivity contribution is 5.69. The molecule has 0 spiro atoms. The van der Waals surface area contributed by atoms with E-state index in [0.29, 0.717) is 18.9 Å². The minimum absolute atomic E-state index is 0.0223. The van der Waals surface area contributed by atoms with E-state index in [0.717, 1.165) is 32.3 Å². The number of hydrogen-bond acceptors (Lipinski definition) is 3. The third-order valence-corrected chi connectivity index (χ3v) is 4.79. The van der Waals surface area contributed by atoms with Gasteiger partial charge in [0.05, 0.1) is 12.2 Å². The first-order chi connectivity index (χ1) is 11.0. The number of carbonyl (C=O) groups is 1. The Balaban J connectivity index is 2.36. The van der Waals surface area contributed by atoms with Gasteiger partial charge in [-0.3, -0.25) is 4.79 Å². The molecule has 1 rings (SSSR count). The second-order valence-corrected chi connectivity index (χ2v) is 7.86. The van der Waals surface area contributed by atoms with Gasteiger partial charge in [0.2, 0.25) is 0 Å². The molecule has 0 aromatic rings. The molecule has 1 aliphatic heterocycles. The maximum absolute atomic E-state index is 11.8. The Bertz CT molecular complexity index is 312. The van der Waals surface area contributed by atoms with Crippen molar-refractivity contribution in [2.24, 2.45) is 5.92 Å². The van der Waals surface area contributed by atoms with E-state index in [1.54, 1.807) is 0 Å². The van der Waals surface area contributed by atoms with Gasteiger partial charge in [-0.15, -0.1) is 0 Å². The smallest absolute Gasteiger partial charge is 0.306 e. The molecule has 1 fully saturated rings. The molecule has 1 saturated heterocycles. The van der Waals surface area contributed by atoms with E-state index in [9.17, 15) is 4.79 Å². The van der Waals surface area contributed by atoms with Crippen LogP contribution in [-0.2, 0) is 14.3 Å². The topological polar surface area (TPSA) is 35.5 Å². The van der Waals surface area contributed by atoms with Crippen LogP contribution in [-0.4, -0.2) is 24.8 Å². The summed E-state index contributed by atoms with van der Waals surface area (Å²) in [5, 5.41) is 0. The van der Waals surface area contributed by atoms with Crippen LogP contribution in [0.1, 0.15) is 97.8 Å². The third kappa shape index (κ3) is 11.6. The lowest BCUT2D eigenvalue weighted by molar-refractivity contribution is -0.144. The van der Waals surface area contributed by atoms with Gasteiger partial charge >= 0.3 is 5.97 Å². The zero-order valence-corrected chi connectivity index (χ0v) is 15.7. The number of cyclic esters (lactones) is 1. The highest BCUT2D eigenvalue weighted by atomic mass is 16.5. The summed E-state index contributed by atoms with van der Waals surface area (Å²) in [5.74, 6) is 0.381. The van der Waals surface area contributed by atoms with E-state index in [-0.39, 0.29) is 11.6 Å². The zero-order chi connectivity index (χ0) is 17.0. The van der Waals surface area contributed by atoms with E-state index in [1.165, 1.54) is 44.9 Å². The quantitative estimate of drug-likeness (QED) is 0.539. The summed E-state index contributed by atoms with van der Waals surface area (Å²) in [6.07, 6.45) is 13.7. The molecule has 0 aromatic heterocycles. The molecule has 3 heteroatoms. The molecule has 0 aliphatic carbocycles. The van der Waals surface area contributed by atoms with Gasteiger partial charge in [-0.25, -0.2) is 0 Å². The van der Waals surface area contributed by atoms with Crippen LogP contribution in [0, 0.1) is 5.92 Å². The predicted molar refractivity (Wildman–Crippen MR) is 95.6 cm³/mol. The minimum atomic E-state index is -0.0385. The first-order valence-electron chi connectivity index (χ1n) is 9.79. The second-order valence-electron chi connectivity index (χ2n) is 7.86. The Morgan fingerprint density at radius 3 is 2.09 bits per heavy atom. The van der Waals surface area contributed by atoms with Gasteiger partial charge in [0.15, 0.2) is 0 Å². The Morgan fingerprint density at radius 2 is 1.43 bits per heavy atom. The zero-order valence-electron chi connectivity index (χ0n) is 15.7. The Hall–Kier alpha value is -0.570. The van der Waals surface area contributed by atoms with Crippen LogP contribution in [0.15, 0.2) is 0 Å². The summed E-state index contributed by atoms with van der Waals surface area (Å²) in [4.78, 5) is 11.8. The van der Waals surface area contributed by atoms with E-state index in [2.05, 4.69) is 20.8 Å². The molecule has 3 nitrogen and oxygen atoms in total. The van der Waals surface area contributed by atoms with E-state index in [1.807, 2.05) is 0 Å². The van der Waals surface area contributed by atoms with E-state index < -0.39 is 0 Å². The number of rotatable bonds is 0. The van der Waals surface area contributed by atoms with Gasteiger partial charge in [-0.2, -0.15) is 0 Å². The molecule has 0 saturated carbocycles. The molecule has 1 heterocycles. The third-order valence-electron chi connectivity index (χ3n) is 4.79. The SMILES string of the molecule is CC1CCCC(C)(C)OCCCCCCCCCCOC(=O)C1. The Labute approximate surface area is 143 Å². The predicted octanol–water partition coefficient (Wildman–Crippen LogP) is 5.66. The molecule has 1 aliphatic rings. The maximum Gasteiger partial charge on any atom is 0.306 e. The number of ether oxygens (including phenoxy) is 2. The molecule has 0 amide bonds. The van der Waals surface area contributed by atoms with Crippen molar-refractivity contribution in [1.29, 1.82) is 0 Å². The van der Waals surface area contributed by atoms with Crippen molar-refractivity contribution in [3.8, 4) is 0 Å². The van der Waals surface area contributed by atoms with Crippen LogP contribution >= 0.6 is 0 Å². The Kier molecular flexibility index (Phi) is 10.6. The normalized spacial score (nSPS) is 27.3. The van der Waals surface area contributed by atoms with Crippen molar-refractivity contribution in [3.05, 3.63) is 0 Å². The summed E-state index contributed by atoms with van der Waals surface area (Å²) in [7, 11) is 0. The van der Waals surface area contributed by atoms with Gasteiger partial charge in [0, 0.05) is 13.0 Å². The summed E-state index contributed by atoms with van der Waals surface area (Å²) in [6, 6.07) is 0. The lowest BCUT2D eigenvalue weighted by atomic mass is 9.95. The molecular weight excluding hydrogens is 288 g/mol. The highest BCUT2D eigenvalue weighted by Gasteiger charge is 2.19. The lowest BCUT2D eigenvalue weighted by Gasteiger charge is -2.26. The molecule has 0 aromatic carbocycles. The lowest BCUT2D eigenvalue weighted by Crippen LogP contribution is -2.25. The summed E-state index contributed by atoms with van der Waals surface area (Å²) >= 11 is 0. The standard InChI is InChI=1S/C20H38O3/c1-18-13-12-14-20(2,3)23-16-11-9-7-5-4-6-8-10-15-22-19(21)17-18/h18H,4-17H2,1-3H3. The van der Waals surface area contributed by atoms with Gasteiger partial charge in [-0.1, -0.05) is 58.3 Å². The molecule has 0 bridgehead atoms. The van der Waals surface area contributed by atoms with Crippen LogP contribution in [0.2, 0.25) is 0 Å². The van der Waals surface area contributed by atoms with Crippen molar-refractivity contribution in [2.75, 3.05) is 13.2 Å². The van der Waals surface area contributed by atoms with Gasteiger partial charge in [0.1, 0.15) is 0 Å². The molecule has 136 valence electrons. The first kappa shape index (κ1) is 20.5. The minimum Gasteiger partial charge on any atom is -0.466 e. The molecule has 0 N–H and O–H groups in total. The van der Waals surface area contributed by atoms with Crippen LogP contribution in [0.4, 0.5) is 0 Å². The number of hydrogen-bond donors (Lipinski definition) is 0. The Morgan fingerprint density at radius 1 is 0.870 bits per heavy atom. The fraction of sp³-hybridized carbons (Fsp3) is 0.950. The molecule has 1 atom stereocenters. The van der Waals surface area contributed by atoms with Crippen molar-refractivity contribution in [3.63, 3.8) is 0 Å². The molecular formula is C20H38O3. The second kappa shape index (κ2) is 11.9. The van der Waals surface area contributed by atoms with E-state index in [4.69, 9.17) is 9.47 Å². The molecule has 0 radical (unpaired) electrons.